The van der Waals surface area contributed by atoms with E-state index in [1.54, 1.807) is 0 Å². The zero-order chi connectivity index (χ0) is 11.5. The number of halogens is 2. The summed E-state index contributed by atoms with van der Waals surface area (Å²) in [4.78, 5) is 12.7. The van der Waals surface area contributed by atoms with Crippen LogP contribution in [0.1, 0.15) is 15.2 Å². The largest absolute Gasteiger partial charge is 0.293 e. The van der Waals surface area contributed by atoms with Crippen molar-refractivity contribution in [1.82, 2.24) is 0 Å². The molecule has 0 aliphatic rings. The fraction of sp³-hybridized carbons (Fsp3) is 0.0833. The molecule has 0 saturated carbocycles. The Morgan fingerprint density at radius 2 is 2.00 bits per heavy atom. The van der Waals surface area contributed by atoms with Crippen LogP contribution in [-0.2, 0) is 6.42 Å². The third-order valence-corrected chi connectivity index (χ3v) is 4.32. The van der Waals surface area contributed by atoms with Gasteiger partial charge in [-0.05, 0) is 39.7 Å². The molecule has 1 aromatic heterocycles. The van der Waals surface area contributed by atoms with Crippen LogP contribution in [0.15, 0.2) is 44.7 Å². The number of ketones is 1. The first-order valence-electron chi connectivity index (χ1n) is 4.67. The number of Topliss-reactive ketones (excluding diaryl/α,β-unsaturated/α-hetero) is 1. The van der Waals surface area contributed by atoms with Gasteiger partial charge in [-0.25, -0.2) is 0 Å². The maximum atomic E-state index is 11.9. The van der Waals surface area contributed by atoms with Crippen molar-refractivity contribution in [1.29, 1.82) is 0 Å². The molecule has 0 spiro atoms. The number of hydrogen-bond acceptors (Lipinski definition) is 2. The van der Waals surface area contributed by atoms with Gasteiger partial charge in [0.1, 0.15) is 0 Å². The first kappa shape index (κ1) is 12.0. The highest BCUT2D eigenvalue weighted by Gasteiger charge is 2.09. The molecule has 0 amide bonds. The molecular weight excluding hydrogens is 352 g/mol. The van der Waals surface area contributed by atoms with Gasteiger partial charge in [-0.1, -0.05) is 28.1 Å². The van der Waals surface area contributed by atoms with E-state index in [-0.39, 0.29) is 5.78 Å². The molecule has 82 valence electrons. The summed E-state index contributed by atoms with van der Waals surface area (Å²) in [6.45, 7) is 0. The zero-order valence-corrected chi connectivity index (χ0v) is 12.2. The van der Waals surface area contributed by atoms with E-state index < -0.39 is 0 Å². The average Bonchev–Trinajstić information content (AvgIpc) is 2.65. The maximum absolute atomic E-state index is 11.9. The van der Waals surface area contributed by atoms with Gasteiger partial charge in [0.25, 0.3) is 0 Å². The van der Waals surface area contributed by atoms with Crippen LogP contribution in [0.2, 0.25) is 0 Å². The van der Waals surface area contributed by atoms with Crippen molar-refractivity contribution in [2.24, 2.45) is 0 Å². The van der Waals surface area contributed by atoms with Crippen LogP contribution in [-0.4, -0.2) is 5.78 Å². The van der Waals surface area contributed by atoms with Gasteiger partial charge < -0.3 is 0 Å². The predicted molar refractivity (Wildman–Crippen MR) is 74.2 cm³/mol. The second-order valence-electron chi connectivity index (χ2n) is 3.36. The smallest absolute Gasteiger partial charge is 0.177 e. The van der Waals surface area contributed by atoms with Crippen LogP contribution in [0.5, 0.6) is 0 Å². The topological polar surface area (TPSA) is 17.1 Å². The maximum Gasteiger partial charge on any atom is 0.177 e. The van der Waals surface area contributed by atoms with Crippen LogP contribution in [0.25, 0.3) is 0 Å². The van der Waals surface area contributed by atoms with Crippen LogP contribution in [0, 0.1) is 0 Å². The molecule has 16 heavy (non-hydrogen) atoms. The second-order valence-corrected chi connectivity index (χ2v) is 6.10. The molecule has 1 heterocycles. The lowest BCUT2D eigenvalue weighted by molar-refractivity contribution is 0.0997. The lowest BCUT2D eigenvalue weighted by Crippen LogP contribution is -2.00. The Balaban J connectivity index is 2.13. The molecule has 1 aromatic carbocycles. The van der Waals surface area contributed by atoms with Gasteiger partial charge in [0.05, 0.1) is 4.88 Å². The van der Waals surface area contributed by atoms with Gasteiger partial charge in [0.15, 0.2) is 5.78 Å². The van der Waals surface area contributed by atoms with Crippen LogP contribution >= 0.6 is 43.2 Å². The molecule has 0 bridgehead atoms. The standard InChI is InChI=1S/C12H8Br2OS/c13-9-3-1-2-8(4-9)5-11(15)12-6-10(14)7-16-12/h1-4,6-7H,5H2. The Morgan fingerprint density at radius 1 is 1.19 bits per heavy atom. The average molecular weight is 360 g/mol. The van der Waals surface area contributed by atoms with Crippen molar-refractivity contribution in [3.8, 4) is 0 Å². The fourth-order valence-corrected chi connectivity index (χ4v) is 3.19. The van der Waals surface area contributed by atoms with Gasteiger partial charge in [-0.3, -0.25) is 4.79 Å². The highest BCUT2D eigenvalue weighted by molar-refractivity contribution is 9.10. The molecule has 0 N–H and O–H groups in total. The zero-order valence-electron chi connectivity index (χ0n) is 8.24. The highest BCUT2D eigenvalue weighted by atomic mass is 79.9. The van der Waals surface area contributed by atoms with Crippen molar-refractivity contribution < 1.29 is 4.79 Å². The molecule has 2 rings (SSSR count). The summed E-state index contributed by atoms with van der Waals surface area (Å²) >= 11 is 8.22. The van der Waals surface area contributed by atoms with Crippen LogP contribution in [0.4, 0.5) is 0 Å². The quantitative estimate of drug-likeness (QED) is 0.726. The van der Waals surface area contributed by atoms with E-state index in [0.717, 1.165) is 19.4 Å². The van der Waals surface area contributed by atoms with Crippen molar-refractivity contribution in [2.45, 2.75) is 6.42 Å². The van der Waals surface area contributed by atoms with Gasteiger partial charge >= 0.3 is 0 Å². The monoisotopic (exact) mass is 358 g/mol. The molecule has 0 atom stereocenters. The normalized spacial score (nSPS) is 10.4. The minimum absolute atomic E-state index is 0.161. The Morgan fingerprint density at radius 3 is 2.62 bits per heavy atom. The number of rotatable bonds is 3. The van der Waals surface area contributed by atoms with Crippen molar-refractivity contribution in [3.63, 3.8) is 0 Å². The lowest BCUT2D eigenvalue weighted by atomic mass is 10.1. The van der Waals surface area contributed by atoms with E-state index in [2.05, 4.69) is 31.9 Å². The predicted octanol–water partition coefficient (Wildman–Crippen LogP) is 4.70. The molecular formula is C12H8Br2OS. The first-order valence-corrected chi connectivity index (χ1v) is 7.13. The van der Waals surface area contributed by atoms with Crippen LogP contribution in [0.3, 0.4) is 0 Å². The molecule has 0 saturated heterocycles. The van der Waals surface area contributed by atoms with E-state index >= 15 is 0 Å². The SMILES string of the molecule is O=C(Cc1cccc(Br)c1)c1cc(Br)cs1. The van der Waals surface area contributed by atoms with Crippen molar-refractivity contribution >= 4 is 49.0 Å². The van der Waals surface area contributed by atoms with Crippen molar-refractivity contribution in [2.75, 3.05) is 0 Å². The molecule has 2 aromatic rings. The summed E-state index contributed by atoms with van der Waals surface area (Å²) in [7, 11) is 0. The number of hydrogen-bond donors (Lipinski definition) is 0. The molecule has 4 heteroatoms. The molecule has 0 fully saturated rings. The van der Waals surface area contributed by atoms with Gasteiger partial charge in [-0.2, -0.15) is 0 Å². The molecule has 0 aliphatic carbocycles. The third kappa shape index (κ3) is 3.03. The van der Waals surface area contributed by atoms with E-state index in [9.17, 15) is 4.79 Å². The summed E-state index contributed by atoms with van der Waals surface area (Å²) in [6, 6.07) is 9.70. The number of carbonyl (C=O) groups is 1. The number of thiophene rings is 1. The molecule has 0 aliphatic heterocycles. The van der Waals surface area contributed by atoms with E-state index in [4.69, 9.17) is 0 Å². The lowest BCUT2D eigenvalue weighted by Gasteiger charge is -1.99. The molecule has 0 unspecified atom stereocenters. The highest BCUT2D eigenvalue weighted by Crippen LogP contribution is 2.22. The van der Waals surface area contributed by atoms with Gasteiger partial charge in [0, 0.05) is 20.7 Å². The van der Waals surface area contributed by atoms with E-state index in [0.29, 0.717) is 6.42 Å². The summed E-state index contributed by atoms with van der Waals surface area (Å²) in [5.74, 6) is 0.161. The number of benzene rings is 1. The third-order valence-electron chi connectivity index (χ3n) is 2.10. The Labute approximate surface area is 115 Å². The van der Waals surface area contributed by atoms with Crippen LogP contribution < -0.4 is 0 Å². The minimum atomic E-state index is 0.161. The fourth-order valence-electron chi connectivity index (χ4n) is 1.38. The van der Waals surface area contributed by atoms with Crippen molar-refractivity contribution in [3.05, 3.63) is 55.1 Å². The van der Waals surface area contributed by atoms with E-state index in [1.165, 1.54) is 11.3 Å². The first-order chi connectivity index (χ1) is 7.65. The van der Waals surface area contributed by atoms with E-state index in [1.807, 2.05) is 35.7 Å². The van der Waals surface area contributed by atoms with Gasteiger partial charge in [-0.15, -0.1) is 11.3 Å². The summed E-state index contributed by atoms with van der Waals surface area (Å²) in [6.07, 6.45) is 0.451. The molecule has 0 radical (unpaired) electrons. The molecule has 1 nitrogen and oxygen atoms in total. The summed E-state index contributed by atoms with van der Waals surface area (Å²) < 4.78 is 1.97. The minimum Gasteiger partial charge on any atom is -0.293 e. The Kier molecular flexibility index (Phi) is 3.95. The summed E-state index contributed by atoms with van der Waals surface area (Å²) in [5.41, 5.74) is 1.03. The Bertz CT molecular complexity index is 519. The second kappa shape index (κ2) is 5.25. The Hall–Kier alpha value is -0.450. The number of carbonyl (C=O) groups excluding carboxylic acids is 1. The summed E-state index contributed by atoms with van der Waals surface area (Å²) in [5, 5.41) is 1.92. The van der Waals surface area contributed by atoms with Gasteiger partial charge in [0.2, 0.25) is 0 Å².